The molecule has 0 saturated carbocycles. The monoisotopic (exact) mass is 237 g/mol. The summed E-state index contributed by atoms with van der Waals surface area (Å²) in [6.45, 7) is 2.10. The molecule has 0 unspecified atom stereocenters. The first kappa shape index (κ1) is 13.6. The van der Waals surface area contributed by atoms with Crippen LogP contribution in [-0.4, -0.2) is 39.2 Å². The number of anilines is 2. The van der Waals surface area contributed by atoms with Crippen molar-refractivity contribution in [2.75, 3.05) is 45.3 Å². The quantitative estimate of drug-likeness (QED) is 0.563. The number of hydrogen-bond acceptors (Lipinski definition) is 4. The fourth-order valence-electron chi connectivity index (χ4n) is 1.61. The van der Waals surface area contributed by atoms with Gasteiger partial charge >= 0.3 is 0 Å². The van der Waals surface area contributed by atoms with Crippen LogP contribution in [0.15, 0.2) is 18.2 Å². The van der Waals surface area contributed by atoms with Gasteiger partial charge in [0.1, 0.15) is 5.75 Å². The molecule has 0 radical (unpaired) electrons. The van der Waals surface area contributed by atoms with Gasteiger partial charge in [0.15, 0.2) is 0 Å². The van der Waals surface area contributed by atoms with Crippen LogP contribution in [0.4, 0.5) is 11.4 Å². The summed E-state index contributed by atoms with van der Waals surface area (Å²) in [5, 5.41) is 3.37. The molecule has 0 aliphatic rings. The number of methoxy groups -OCH3 is 1. The molecule has 0 heterocycles. The van der Waals surface area contributed by atoms with Crippen LogP contribution < -0.4 is 15.8 Å². The van der Waals surface area contributed by atoms with E-state index in [1.807, 2.05) is 18.2 Å². The largest absolute Gasteiger partial charge is 0.495 e. The summed E-state index contributed by atoms with van der Waals surface area (Å²) >= 11 is 0. The minimum Gasteiger partial charge on any atom is -0.495 e. The van der Waals surface area contributed by atoms with Crippen LogP contribution in [0.5, 0.6) is 5.75 Å². The molecular weight excluding hydrogens is 214 g/mol. The van der Waals surface area contributed by atoms with E-state index in [0.29, 0.717) is 5.69 Å². The summed E-state index contributed by atoms with van der Waals surface area (Å²) in [5.74, 6) is 0.725. The summed E-state index contributed by atoms with van der Waals surface area (Å²) < 4.78 is 5.17. The minimum absolute atomic E-state index is 0.672. The van der Waals surface area contributed by atoms with Gasteiger partial charge in [0.05, 0.1) is 12.8 Å². The summed E-state index contributed by atoms with van der Waals surface area (Å²) in [7, 11) is 5.82. The van der Waals surface area contributed by atoms with Gasteiger partial charge in [-0.1, -0.05) is 0 Å². The lowest BCUT2D eigenvalue weighted by Crippen LogP contribution is -2.14. The van der Waals surface area contributed by atoms with Gasteiger partial charge in [-0.15, -0.1) is 0 Å². The van der Waals surface area contributed by atoms with Gasteiger partial charge in [-0.05, 0) is 45.6 Å². The SMILES string of the molecule is COc1cc(NCCCCN(C)C)ccc1N. The van der Waals surface area contributed by atoms with Gasteiger partial charge in [0.25, 0.3) is 0 Å². The number of nitrogens with one attached hydrogen (secondary N) is 1. The van der Waals surface area contributed by atoms with Gasteiger partial charge in [0, 0.05) is 18.3 Å². The van der Waals surface area contributed by atoms with Gasteiger partial charge in [-0.3, -0.25) is 0 Å². The highest BCUT2D eigenvalue weighted by atomic mass is 16.5. The third-order valence-electron chi connectivity index (χ3n) is 2.59. The van der Waals surface area contributed by atoms with E-state index in [0.717, 1.165) is 30.9 Å². The molecular formula is C13H23N3O. The maximum Gasteiger partial charge on any atom is 0.143 e. The van der Waals surface area contributed by atoms with Crippen LogP contribution in [0, 0.1) is 0 Å². The molecule has 0 aliphatic heterocycles. The fourth-order valence-corrected chi connectivity index (χ4v) is 1.61. The third-order valence-corrected chi connectivity index (χ3v) is 2.59. The lowest BCUT2D eigenvalue weighted by atomic mass is 10.2. The van der Waals surface area contributed by atoms with Crippen molar-refractivity contribution in [3.05, 3.63) is 18.2 Å². The number of unbranched alkanes of at least 4 members (excludes halogenated alkanes) is 1. The zero-order chi connectivity index (χ0) is 12.7. The Bertz CT molecular complexity index is 339. The first-order valence-corrected chi connectivity index (χ1v) is 5.95. The fraction of sp³-hybridized carbons (Fsp3) is 0.538. The molecule has 0 amide bonds. The van der Waals surface area contributed by atoms with Crippen LogP contribution in [0.2, 0.25) is 0 Å². The molecule has 3 N–H and O–H groups in total. The Morgan fingerprint density at radius 2 is 2.06 bits per heavy atom. The van der Waals surface area contributed by atoms with E-state index >= 15 is 0 Å². The predicted molar refractivity (Wildman–Crippen MR) is 73.7 cm³/mol. The molecule has 4 nitrogen and oxygen atoms in total. The molecule has 0 atom stereocenters. The number of nitrogens with two attached hydrogens (primary N) is 1. The zero-order valence-corrected chi connectivity index (χ0v) is 11.0. The Hall–Kier alpha value is -1.42. The predicted octanol–water partition coefficient (Wildman–Crippen LogP) is 2.03. The molecule has 0 fully saturated rings. The van der Waals surface area contributed by atoms with E-state index in [2.05, 4.69) is 24.3 Å². The number of nitrogen functional groups attached to an aromatic ring is 1. The molecule has 0 saturated heterocycles. The summed E-state index contributed by atoms with van der Waals surface area (Å²) in [6.07, 6.45) is 2.36. The van der Waals surface area contributed by atoms with Crippen LogP contribution in [0.25, 0.3) is 0 Å². The molecule has 17 heavy (non-hydrogen) atoms. The minimum atomic E-state index is 0.672. The molecule has 4 heteroatoms. The number of rotatable bonds is 7. The molecule has 0 aromatic heterocycles. The van der Waals surface area contributed by atoms with Crippen molar-refractivity contribution in [3.63, 3.8) is 0 Å². The molecule has 1 aromatic rings. The first-order valence-electron chi connectivity index (χ1n) is 5.95. The maximum absolute atomic E-state index is 5.75. The second kappa shape index (κ2) is 7.01. The topological polar surface area (TPSA) is 50.5 Å². The first-order chi connectivity index (χ1) is 8.13. The van der Waals surface area contributed by atoms with E-state index in [9.17, 15) is 0 Å². The number of nitrogens with zero attached hydrogens (tertiary/aromatic N) is 1. The average Bonchev–Trinajstić information content (AvgIpc) is 2.30. The van der Waals surface area contributed by atoms with E-state index in [-0.39, 0.29) is 0 Å². The average molecular weight is 237 g/mol. The molecule has 96 valence electrons. The van der Waals surface area contributed by atoms with Crippen molar-refractivity contribution in [3.8, 4) is 5.75 Å². The number of benzene rings is 1. The van der Waals surface area contributed by atoms with Crippen molar-refractivity contribution in [1.82, 2.24) is 4.90 Å². The van der Waals surface area contributed by atoms with Crippen LogP contribution in [0.3, 0.4) is 0 Å². The Kier molecular flexibility index (Phi) is 5.63. The van der Waals surface area contributed by atoms with E-state index < -0.39 is 0 Å². The van der Waals surface area contributed by atoms with Crippen molar-refractivity contribution < 1.29 is 4.74 Å². The summed E-state index contributed by atoms with van der Waals surface area (Å²) in [6, 6.07) is 5.77. The Balaban J connectivity index is 2.32. The lowest BCUT2D eigenvalue weighted by Gasteiger charge is -2.11. The Morgan fingerprint density at radius 1 is 1.29 bits per heavy atom. The summed E-state index contributed by atoms with van der Waals surface area (Å²) in [4.78, 5) is 2.20. The highest BCUT2D eigenvalue weighted by molar-refractivity contribution is 5.61. The number of ether oxygens (including phenoxy) is 1. The zero-order valence-electron chi connectivity index (χ0n) is 11.0. The van der Waals surface area contributed by atoms with Crippen molar-refractivity contribution in [2.45, 2.75) is 12.8 Å². The molecule has 0 spiro atoms. The normalized spacial score (nSPS) is 10.6. The highest BCUT2D eigenvalue weighted by Crippen LogP contribution is 2.24. The van der Waals surface area contributed by atoms with Crippen LogP contribution in [-0.2, 0) is 0 Å². The Labute approximate surface area is 104 Å². The van der Waals surface area contributed by atoms with Gasteiger partial charge in [-0.2, -0.15) is 0 Å². The van der Waals surface area contributed by atoms with Crippen LogP contribution in [0.1, 0.15) is 12.8 Å². The molecule has 1 rings (SSSR count). The van der Waals surface area contributed by atoms with Crippen molar-refractivity contribution >= 4 is 11.4 Å². The number of hydrogen-bond donors (Lipinski definition) is 2. The second-order valence-electron chi connectivity index (χ2n) is 4.39. The van der Waals surface area contributed by atoms with Gasteiger partial charge in [-0.25, -0.2) is 0 Å². The molecule has 0 bridgehead atoms. The van der Waals surface area contributed by atoms with E-state index in [1.165, 1.54) is 6.42 Å². The summed E-state index contributed by atoms with van der Waals surface area (Å²) in [5.41, 5.74) is 7.48. The van der Waals surface area contributed by atoms with Crippen molar-refractivity contribution in [2.24, 2.45) is 0 Å². The maximum atomic E-state index is 5.75. The van der Waals surface area contributed by atoms with Crippen molar-refractivity contribution in [1.29, 1.82) is 0 Å². The Morgan fingerprint density at radius 3 is 2.71 bits per heavy atom. The van der Waals surface area contributed by atoms with Gasteiger partial charge in [0.2, 0.25) is 0 Å². The van der Waals surface area contributed by atoms with Crippen LogP contribution >= 0.6 is 0 Å². The van der Waals surface area contributed by atoms with Gasteiger partial charge < -0.3 is 20.7 Å². The van der Waals surface area contributed by atoms with E-state index in [1.54, 1.807) is 7.11 Å². The lowest BCUT2D eigenvalue weighted by molar-refractivity contribution is 0.396. The van der Waals surface area contributed by atoms with E-state index in [4.69, 9.17) is 10.5 Å². The highest BCUT2D eigenvalue weighted by Gasteiger charge is 2.00. The standard InChI is InChI=1S/C13H23N3O/c1-16(2)9-5-4-8-15-11-6-7-12(14)13(10-11)17-3/h6-7,10,15H,4-5,8-9,14H2,1-3H3. The molecule has 1 aromatic carbocycles. The smallest absolute Gasteiger partial charge is 0.143 e. The second-order valence-corrected chi connectivity index (χ2v) is 4.39. The molecule has 0 aliphatic carbocycles. The third kappa shape index (κ3) is 4.95.